The van der Waals surface area contributed by atoms with Crippen molar-refractivity contribution in [2.24, 2.45) is 7.05 Å². The van der Waals surface area contributed by atoms with E-state index in [0.717, 1.165) is 35.2 Å². The summed E-state index contributed by atoms with van der Waals surface area (Å²) in [5.41, 5.74) is 2.91. The Morgan fingerprint density at radius 3 is 2.53 bits per heavy atom. The van der Waals surface area contributed by atoms with Gasteiger partial charge in [-0.05, 0) is 44.4 Å². The summed E-state index contributed by atoms with van der Waals surface area (Å²) in [5.74, 6) is 0.854. The first kappa shape index (κ1) is 22.5. The van der Waals surface area contributed by atoms with Crippen LogP contribution in [0, 0.1) is 0 Å². The number of nitrogens with zero attached hydrogens (tertiary/aromatic N) is 3. The van der Waals surface area contributed by atoms with Gasteiger partial charge < -0.3 is 29.5 Å². The second kappa shape index (κ2) is 8.31. The highest BCUT2D eigenvalue weighted by Crippen LogP contribution is 2.50. The largest absolute Gasteiger partial charge is 0.497 e. The first-order chi connectivity index (χ1) is 15.2. The first-order valence-electron chi connectivity index (χ1n) is 11.3. The van der Waals surface area contributed by atoms with Crippen LogP contribution >= 0.6 is 0 Å². The number of piperidine rings is 1. The molecular weight excluding hydrogens is 408 g/mol. The summed E-state index contributed by atoms with van der Waals surface area (Å²) in [6.45, 7) is 7.15. The lowest BCUT2D eigenvalue weighted by atomic mass is 9.68. The van der Waals surface area contributed by atoms with E-state index < -0.39 is 6.04 Å². The molecule has 0 aliphatic carbocycles. The number of hydrogen-bond acceptors (Lipinski definition) is 4. The first-order valence-corrected chi connectivity index (χ1v) is 11.3. The molecule has 1 aromatic heterocycles. The Labute approximate surface area is 189 Å². The number of ether oxygens (including phenoxy) is 1. The number of hydrogen-bond donors (Lipinski definition) is 2. The van der Waals surface area contributed by atoms with Crippen LogP contribution in [0.2, 0.25) is 0 Å². The smallest absolute Gasteiger partial charge is 0.318 e. The van der Waals surface area contributed by atoms with Crippen molar-refractivity contribution in [2.45, 2.75) is 51.1 Å². The Balaban J connectivity index is 1.90. The number of fused-ring (bicyclic) bond motifs is 4. The Hall–Kier alpha value is -2.74. The van der Waals surface area contributed by atoms with E-state index in [1.54, 1.807) is 18.9 Å². The van der Waals surface area contributed by atoms with Crippen LogP contribution in [0.15, 0.2) is 18.2 Å². The molecule has 1 aromatic carbocycles. The lowest BCUT2D eigenvalue weighted by molar-refractivity contribution is -0.130. The number of aryl methyl sites for hydroxylation is 1. The van der Waals surface area contributed by atoms with E-state index in [1.807, 2.05) is 37.9 Å². The van der Waals surface area contributed by atoms with E-state index in [1.165, 1.54) is 5.56 Å². The maximum absolute atomic E-state index is 13.2. The summed E-state index contributed by atoms with van der Waals surface area (Å²) in [6.07, 6.45) is 1.54. The molecule has 0 bridgehead atoms. The number of likely N-dealkylation sites (tertiary alicyclic amines) is 1. The number of benzene rings is 1. The molecule has 0 saturated carbocycles. The summed E-state index contributed by atoms with van der Waals surface area (Å²) in [4.78, 5) is 28.9. The van der Waals surface area contributed by atoms with Crippen LogP contribution in [0.25, 0.3) is 10.9 Å². The van der Waals surface area contributed by atoms with Crippen molar-refractivity contribution >= 4 is 22.8 Å². The van der Waals surface area contributed by atoms with Gasteiger partial charge in [-0.15, -0.1) is 0 Å². The van der Waals surface area contributed by atoms with Crippen LogP contribution in [-0.2, 0) is 17.3 Å². The molecule has 4 rings (SSSR count). The van der Waals surface area contributed by atoms with E-state index in [9.17, 15) is 14.7 Å². The molecule has 2 aromatic rings. The second-order valence-electron chi connectivity index (χ2n) is 9.42. The molecule has 1 fully saturated rings. The number of aromatic nitrogens is 1. The number of rotatable bonds is 3. The standard InChI is InChI=1S/C24H34N4O4/c1-15(2)25-23(31)28-14-24(8-10-27(11-9-24)16(3)30)21-18-7-6-17(32-5)12-19(18)26(4)22(21)20(28)13-29/h6-7,12,15,20,29H,8-11,13-14H2,1-5H3,(H,25,31)/t20-/m1/s1. The van der Waals surface area contributed by atoms with Crippen LogP contribution in [0.5, 0.6) is 5.75 Å². The summed E-state index contributed by atoms with van der Waals surface area (Å²) < 4.78 is 7.56. The maximum atomic E-state index is 13.2. The molecule has 8 nitrogen and oxygen atoms in total. The maximum Gasteiger partial charge on any atom is 0.318 e. The van der Waals surface area contributed by atoms with Gasteiger partial charge in [-0.1, -0.05) is 0 Å². The van der Waals surface area contributed by atoms with Gasteiger partial charge in [0, 0.05) is 62.2 Å². The van der Waals surface area contributed by atoms with Crippen molar-refractivity contribution in [1.29, 1.82) is 0 Å². The number of carbonyl (C=O) groups excluding carboxylic acids is 2. The van der Waals surface area contributed by atoms with Crippen molar-refractivity contribution in [3.8, 4) is 5.75 Å². The Morgan fingerprint density at radius 1 is 1.28 bits per heavy atom. The molecule has 8 heteroatoms. The van der Waals surface area contributed by atoms with Gasteiger partial charge in [-0.25, -0.2) is 4.79 Å². The summed E-state index contributed by atoms with van der Waals surface area (Å²) >= 11 is 0. The van der Waals surface area contributed by atoms with Gasteiger partial charge in [0.25, 0.3) is 0 Å². The van der Waals surface area contributed by atoms with Crippen molar-refractivity contribution in [1.82, 2.24) is 19.7 Å². The molecule has 1 spiro atoms. The monoisotopic (exact) mass is 442 g/mol. The lowest BCUT2D eigenvalue weighted by Gasteiger charge is -2.50. The summed E-state index contributed by atoms with van der Waals surface area (Å²) in [7, 11) is 3.64. The minimum absolute atomic E-state index is 0.00417. The minimum Gasteiger partial charge on any atom is -0.497 e. The Morgan fingerprint density at radius 2 is 1.97 bits per heavy atom. The topological polar surface area (TPSA) is 87.0 Å². The van der Waals surface area contributed by atoms with Crippen LogP contribution in [0.4, 0.5) is 4.79 Å². The Kier molecular flexibility index (Phi) is 5.83. The second-order valence-corrected chi connectivity index (χ2v) is 9.42. The van der Waals surface area contributed by atoms with Gasteiger partial charge in [0.1, 0.15) is 5.75 Å². The van der Waals surface area contributed by atoms with Gasteiger partial charge >= 0.3 is 6.03 Å². The molecule has 32 heavy (non-hydrogen) atoms. The third kappa shape index (κ3) is 3.50. The van der Waals surface area contributed by atoms with Crippen molar-refractivity contribution in [2.75, 3.05) is 33.4 Å². The molecule has 2 aliphatic heterocycles. The number of nitrogens with one attached hydrogen (secondary N) is 1. The van der Waals surface area contributed by atoms with Gasteiger partial charge in [-0.3, -0.25) is 4.79 Å². The molecular formula is C24H34N4O4. The van der Waals surface area contributed by atoms with Gasteiger partial charge in [0.15, 0.2) is 0 Å². The van der Waals surface area contributed by atoms with E-state index in [-0.39, 0.29) is 30.0 Å². The molecule has 1 atom stereocenters. The number of methoxy groups -OCH3 is 1. The third-order valence-corrected chi connectivity index (χ3v) is 7.16. The van der Waals surface area contributed by atoms with Crippen molar-refractivity contribution < 1.29 is 19.4 Å². The van der Waals surface area contributed by atoms with E-state index in [2.05, 4.69) is 16.0 Å². The molecule has 1 saturated heterocycles. The molecule has 3 amide bonds. The molecule has 0 radical (unpaired) electrons. The van der Waals surface area contributed by atoms with Crippen LogP contribution < -0.4 is 10.1 Å². The van der Waals surface area contributed by atoms with Gasteiger partial charge in [0.2, 0.25) is 5.91 Å². The lowest BCUT2D eigenvalue weighted by Crippen LogP contribution is -2.58. The highest BCUT2D eigenvalue weighted by atomic mass is 16.5. The van der Waals surface area contributed by atoms with Crippen molar-refractivity contribution in [3.05, 3.63) is 29.5 Å². The normalized spacial score (nSPS) is 20.0. The number of urea groups is 1. The average molecular weight is 443 g/mol. The number of aliphatic hydroxyl groups is 1. The molecule has 3 heterocycles. The fourth-order valence-electron chi connectivity index (χ4n) is 5.56. The zero-order chi connectivity index (χ0) is 23.2. The molecule has 0 unspecified atom stereocenters. The highest BCUT2D eigenvalue weighted by molar-refractivity contribution is 5.89. The average Bonchev–Trinajstić information content (AvgIpc) is 3.06. The van der Waals surface area contributed by atoms with E-state index in [4.69, 9.17) is 4.74 Å². The molecule has 2 N–H and O–H groups in total. The Bertz CT molecular complexity index is 1040. The van der Waals surface area contributed by atoms with Crippen LogP contribution in [-0.4, -0.2) is 70.8 Å². The number of carbonyl (C=O) groups is 2. The van der Waals surface area contributed by atoms with Gasteiger partial charge in [-0.2, -0.15) is 0 Å². The van der Waals surface area contributed by atoms with E-state index >= 15 is 0 Å². The number of amides is 3. The number of aliphatic hydroxyl groups excluding tert-OH is 1. The quantitative estimate of drug-likeness (QED) is 0.765. The molecule has 2 aliphatic rings. The fourth-order valence-corrected chi connectivity index (χ4v) is 5.56. The van der Waals surface area contributed by atoms with Gasteiger partial charge in [0.05, 0.1) is 25.3 Å². The predicted molar refractivity (Wildman–Crippen MR) is 123 cm³/mol. The molecule has 174 valence electrons. The summed E-state index contributed by atoms with van der Waals surface area (Å²) in [5, 5.41) is 14.6. The SMILES string of the molecule is COc1ccc2c3c(n(C)c2c1)[C@@H](CO)N(C(=O)NC(C)C)CC31CCN(C(C)=O)CC1. The highest BCUT2D eigenvalue weighted by Gasteiger charge is 2.49. The predicted octanol–water partition coefficient (Wildman–Crippen LogP) is 2.53. The zero-order valence-corrected chi connectivity index (χ0v) is 19.6. The van der Waals surface area contributed by atoms with Crippen molar-refractivity contribution in [3.63, 3.8) is 0 Å². The zero-order valence-electron chi connectivity index (χ0n) is 19.6. The minimum atomic E-state index is -0.441. The third-order valence-electron chi connectivity index (χ3n) is 7.16. The summed E-state index contributed by atoms with van der Waals surface area (Å²) in [6, 6.07) is 5.45. The van der Waals surface area contributed by atoms with Crippen LogP contribution in [0.3, 0.4) is 0 Å². The fraction of sp³-hybridized carbons (Fsp3) is 0.583. The van der Waals surface area contributed by atoms with E-state index in [0.29, 0.717) is 19.6 Å². The van der Waals surface area contributed by atoms with Crippen LogP contribution in [0.1, 0.15) is 50.9 Å².